The predicted octanol–water partition coefficient (Wildman–Crippen LogP) is 3.49. The average molecular weight is 337 g/mol. The van der Waals surface area contributed by atoms with Crippen LogP contribution >= 0.6 is 11.8 Å². The van der Waals surface area contributed by atoms with E-state index in [0.717, 1.165) is 48.5 Å². The lowest BCUT2D eigenvalue weighted by atomic mass is 10.0. The van der Waals surface area contributed by atoms with Gasteiger partial charge < -0.3 is 9.64 Å². The monoisotopic (exact) mass is 337 g/mol. The van der Waals surface area contributed by atoms with Crippen molar-refractivity contribution in [3.63, 3.8) is 0 Å². The van der Waals surface area contributed by atoms with Crippen molar-refractivity contribution in [2.24, 2.45) is 10.2 Å². The molecule has 2 aliphatic heterocycles. The summed E-state index contributed by atoms with van der Waals surface area (Å²) in [6.07, 6.45) is 0. The lowest BCUT2D eigenvalue weighted by Crippen LogP contribution is -2.40. The predicted molar refractivity (Wildman–Crippen MR) is 101 cm³/mol. The molecule has 0 aliphatic carbocycles. The molecule has 2 aliphatic rings. The maximum absolute atomic E-state index is 5.39. The zero-order valence-corrected chi connectivity index (χ0v) is 14.2. The second-order valence-electron chi connectivity index (χ2n) is 5.76. The first-order valence-corrected chi connectivity index (χ1v) is 9.14. The molecule has 0 amide bonds. The number of hydrogen-bond acceptors (Lipinski definition) is 5. The summed E-state index contributed by atoms with van der Waals surface area (Å²) in [7, 11) is 0. The summed E-state index contributed by atoms with van der Waals surface area (Å²) >= 11 is 1.76. The summed E-state index contributed by atoms with van der Waals surface area (Å²) < 4.78 is 5.39. The Morgan fingerprint density at radius 3 is 2.12 bits per heavy atom. The first-order valence-electron chi connectivity index (χ1n) is 8.16. The first kappa shape index (κ1) is 15.4. The minimum atomic E-state index is 0.775. The van der Waals surface area contributed by atoms with Gasteiger partial charge in [-0.15, -0.1) is 5.10 Å². The molecule has 122 valence electrons. The van der Waals surface area contributed by atoms with Gasteiger partial charge in [0.15, 0.2) is 5.17 Å². The fourth-order valence-electron chi connectivity index (χ4n) is 2.83. The van der Waals surface area contributed by atoms with Gasteiger partial charge in [-0.05, 0) is 16.7 Å². The molecule has 4 rings (SSSR count). The molecule has 2 aromatic carbocycles. The van der Waals surface area contributed by atoms with Crippen LogP contribution in [0.3, 0.4) is 0 Å². The van der Waals surface area contributed by atoms with E-state index < -0.39 is 0 Å². The van der Waals surface area contributed by atoms with Crippen molar-refractivity contribution in [2.75, 3.05) is 32.1 Å². The van der Waals surface area contributed by atoms with Crippen LogP contribution in [0.15, 0.2) is 64.8 Å². The average Bonchev–Trinajstić information content (AvgIpc) is 2.70. The number of nitrogens with zero attached hydrogens (tertiary/aromatic N) is 3. The van der Waals surface area contributed by atoms with E-state index in [2.05, 4.69) is 63.6 Å². The smallest absolute Gasteiger partial charge is 0.186 e. The summed E-state index contributed by atoms with van der Waals surface area (Å²) in [5, 5.41) is 9.91. The number of rotatable bonds is 2. The molecule has 0 saturated carbocycles. The van der Waals surface area contributed by atoms with Crippen molar-refractivity contribution in [3.05, 3.63) is 60.2 Å². The van der Waals surface area contributed by atoms with Crippen LogP contribution in [0.4, 0.5) is 0 Å². The SMILES string of the molecule is c1ccc(-c2ccc(C3=NN=C(N4CCOCC4)SC3)cc2)cc1. The number of thioether (sulfide) groups is 1. The highest BCUT2D eigenvalue weighted by atomic mass is 32.2. The molecule has 0 aromatic heterocycles. The maximum Gasteiger partial charge on any atom is 0.186 e. The number of morpholine rings is 1. The Bertz CT molecular complexity index is 750. The van der Waals surface area contributed by atoms with Crippen LogP contribution in [0, 0.1) is 0 Å². The second-order valence-corrected chi connectivity index (χ2v) is 6.70. The van der Waals surface area contributed by atoms with E-state index in [0.29, 0.717) is 0 Å². The Hall–Kier alpha value is -2.11. The summed E-state index contributed by atoms with van der Waals surface area (Å²) in [4.78, 5) is 2.26. The van der Waals surface area contributed by atoms with Gasteiger partial charge in [-0.2, -0.15) is 5.10 Å². The van der Waals surface area contributed by atoms with Gasteiger partial charge in [-0.1, -0.05) is 66.4 Å². The van der Waals surface area contributed by atoms with Crippen LogP contribution in [0.1, 0.15) is 5.56 Å². The number of hydrogen-bond donors (Lipinski definition) is 0. The molecule has 2 heterocycles. The summed E-state index contributed by atoms with van der Waals surface area (Å²) in [5.41, 5.74) is 4.64. The fraction of sp³-hybridized carbons (Fsp3) is 0.263. The molecule has 0 spiro atoms. The van der Waals surface area contributed by atoms with E-state index in [4.69, 9.17) is 4.74 Å². The van der Waals surface area contributed by atoms with Crippen molar-refractivity contribution in [3.8, 4) is 11.1 Å². The van der Waals surface area contributed by atoms with Crippen LogP contribution in [0.5, 0.6) is 0 Å². The Balaban J connectivity index is 1.50. The van der Waals surface area contributed by atoms with Crippen LogP contribution in [-0.4, -0.2) is 47.8 Å². The van der Waals surface area contributed by atoms with Gasteiger partial charge >= 0.3 is 0 Å². The van der Waals surface area contributed by atoms with E-state index in [1.165, 1.54) is 11.1 Å². The minimum Gasteiger partial charge on any atom is -0.378 e. The van der Waals surface area contributed by atoms with Gasteiger partial charge in [0.25, 0.3) is 0 Å². The molecule has 24 heavy (non-hydrogen) atoms. The second kappa shape index (κ2) is 7.20. The normalized spacial score (nSPS) is 18.1. The van der Waals surface area contributed by atoms with Gasteiger partial charge in [0.1, 0.15) is 0 Å². The maximum atomic E-state index is 5.39. The Labute approximate surface area is 146 Å². The Kier molecular flexibility index (Phi) is 4.62. The Morgan fingerprint density at radius 1 is 0.792 bits per heavy atom. The Morgan fingerprint density at radius 2 is 1.46 bits per heavy atom. The lowest BCUT2D eigenvalue weighted by molar-refractivity contribution is 0.0692. The third kappa shape index (κ3) is 3.37. The van der Waals surface area contributed by atoms with Crippen molar-refractivity contribution in [1.82, 2.24) is 4.90 Å². The topological polar surface area (TPSA) is 37.2 Å². The molecular formula is C19H19N3OS. The number of amidine groups is 1. The summed E-state index contributed by atoms with van der Waals surface area (Å²) in [5.74, 6) is 0.862. The van der Waals surface area contributed by atoms with E-state index in [1.54, 1.807) is 11.8 Å². The quantitative estimate of drug-likeness (QED) is 0.842. The van der Waals surface area contributed by atoms with Gasteiger partial charge in [0.05, 0.1) is 18.9 Å². The molecule has 0 radical (unpaired) electrons. The fourth-order valence-corrected chi connectivity index (χ4v) is 3.78. The molecule has 1 fully saturated rings. The van der Waals surface area contributed by atoms with Crippen LogP contribution < -0.4 is 0 Å². The van der Waals surface area contributed by atoms with E-state index in [-0.39, 0.29) is 0 Å². The van der Waals surface area contributed by atoms with Crippen molar-refractivity contribution in [2.45, 2.75) is 0 Å². The number of ether oxygens (including phenoxy) is 1. The molecule has 2 aromatic rings. The van der Waals surface area contributed by atoms with Crippen molar-refractivity contribution >= 4 is 22.6 Å². The lowest BCUT2D eigenvalue weighted by Gasteiger charge is -2.29. The highest BCUT2D eigenvalue weighted by molar-refractivity contribution is 8.14. The largest absolute Gasteiger partial charge is 0.378 e. The molecule has 1 saturated heterocycles. The highest BCUT2D eigenvalue weighted by Crippen LogP contribution is 2.22. The first-order chi connectivity index (χ1) is 11.9. The van der Waals surface area contributed by atoms with E-state index >= 15 is 0 Å². The van der Waals surface area contributed by atoms with E-state index in [9.17, 15) is 0 Å². The van der Waals surface area contributed by atoms with Crippen LogP contribution in [-0.2, 0) is 4.74 Å². The van der Waals surface area contributed by atoms with Gasteiger partial charge in [-0.25, -0.2) is 0 Å². The molecule has 0 atom stereocenters. The van der Waals surface area contributed by atoms with Crippen LogP contribution in [0.2, 0.25) is 0 Å². The third-order valence-electron chi connectivity index (χ3n) is 4.20. The molecule has 0 unspecified atom stereocenters. The van der Waals surface area contributed by atoms with Crippen molar-refractivity contribution < 1.29 is 4.74 Å². The summed E-state index contributed by atoms with van der Waals surface area (Å²) in [6, 6.07) is 19.0. The van der Waals surface area contributed by atoms with E-state index in [1.807, 2.05) is 6.07 Å². The molecule has 4 nitrogen and oxygen atoms in total. The molecule has 0 bridgehead atoms. The highest BCUT2D eigenvalue weighted by Gasteiger charge is 2.20. The van der Waals surface area contributed by atoms with Gasteiger partial charge in [0, 0.05) is 18.8 Å². The zero-order chi connectivity index (χ0) is 16.2. The zero-order valence-electron chi connectivity index (χ0n) is 13.4. The minimum absolute atomic E-state index is 0.775. The van der Waals surface area contributed by atoms with Crippen LogP contribution in [0.25, 0.3) is 11.1 Å². The molecular weight excluding hydrogens is 318 g/mol. The van der Waals surface area contributed by atoms with Crippen molar-refractivity contribution in [1.29, 1.82) is 0 Å². The van der Waals surface area contributed by atoms with Gasteiger partial charge in [0.2, 0.25) is 0 Å². The summed E-state index contributed by atoms with van der Waals surface area (Å²) in [6.45, 7) is 3.36. The molecule has 5 heteroatoms. The molecule has 0 N–H and O–H groups in total. The number of benzene rings is 2. The standard InChI is InChI=1S/C19H19N3OS/c1-2-4-15(5-3-1)16-6-8-17(9-7-16)18-14-24-19(21-20-18)22-10-12-23-13-11-22/h1-9H,10-14H2. The third-order valence-corrected chi connectivity index (χ3v) is 5.22. The van der Waals surface area contributed by atoms with Gasteiger partial charge in [-0.3, -0.25) is 0 Å².